The van der Waals surface area contributed by atoms with Crippen molar-refractivity contribution in [2.45, 2.75) is 104 Å². The Bertz CT molecular complexity index is 989. The van der Waals surface area contributed by atoms with E-state index in [-0.39, 0.29) is 17.8 Å². The normalized spacial score (nSPS) is 46.7. The second kappa shape index (κ2) is 9.59. The second-order valence-corrected chi connectivity index (χ2v) is 14.0. The van der Waals surface area contributed by atoms with E-state index in [0.717, 1.165) is 30.3 Å². The molecule has 0 amide bonds. The molecule has 0 aliphatic heterocycles. The van der Waals surface area contributed by atoms with E-state index >= 15 is 4.39 Å². The molecule has 1 N–H and O–H groups in total. The van der Waals surface area contributed by atoms with Gasteiger partial charge in [0.2, 0.25) is 0 Å². The minimum atomic E-state index is -2.62. The number of carboxylic acid groups (broad SMARTS) is 1. The maximum Gasteiger partial charge on any atom is 0.314 e. The van der Waals surface area contributed by atoms with Gasteiger partial charge in [-0.2, -0.15) is 0 Å². The van der Waals surface area contributed by atoms with Crippen LogP contribution in [-0.4, -0.2) is 22.5 Å². The van der Waals surface area contributed by atoms with Gasteiger partial charge in [-0.05, 0) is 116 Å². The second-order valence-electron chi connectivity index (χ2n) is 14.0. The molecular formula is C32H46F2O3. The van der Waals surface area contributed by atoms with Gasteiger partial charge in [0.05, 0.1) is 0 Å². The van der Waals surface area contributed by atoms with Crippen molar-refractivity contribution in [3.8, 4) is 0 Å². The van der Waals surface area contributed by atoms with Gasteiger partial charge < -0.3 is 5.11 Å². The van der Waals surface area contributed by atoms with Crippen LogP contribution < -0.4 is 0 Å². The van der Waals surface area contributed by atoms with Gasteiger partial charge in [-0.3, -0.25) is 9.59 Å². The van der Waals surface area contributed by atoms with Gasteiger partial charge in [-0.1, -0.05) is 46.6 Å². The number of carbonyl (C=O) groups excluding carboxylic acids is 1. The summed E-state index contributed by atoms with van der Waals surface area (Å²) in [6.45, 7) is 8.58. The summed E-state index contributed by atoms with van der Waals surface area (Å²) >= 11 is 0. The monoisotopic (exact) mass is 516 g/mol. The topological polar surface area (TPSA) is 54.4 Å². The molecule has 4 fully saturated rings. The van der Waals surface area contributed by atoms with Crippen molar-refractivity contribution in [2.24, 2.45) is 58.2 Å². The maximum absolute atomic E-state index is 15.8. The van der Waals surface area contributed by atoms with Crippen LogP contribution in [0.5, 0.6) is 0 Å². The van der Waals surface area contributed by atoms with E-state index in [1.165, 1.54) is 70.8 Å². The molecule has 5 aliphatic rings. The molecule has 0 aromatic heterocycles. The molecule has 206 valence electrons. The highest BCUT2D eigenvalue weighted by atomic mass is 19.1. The third-order valence-electron chi connectivity index (χ3n) is 12.5. The molecule has 0 aromatic carbocycles. The van der Waals surface area contributed by atoms with Gasteiger partial charge in [0.1, 0.15) is 11.7 Å². The summed E-state index contributed by atoms with van der Waals surface area (Å²) in [5.41, 5.74) is -1.99. The zero-order valence-electron chi connectivity index (χ0n) is 23.1. The number of fused-ring (bicyclic) bond motifs is 5. The maximum atomic E-state index is 15.8. The molecule has 4 unspecified atom stereocenters. The zero-order chi connectivity index (χ0) is 26.8. The third kappa shape index (κ3) is 4.25. The summed E-state index contributed by atoms with van der Waals surface area (Å²) in [5.74, 6) is -2.06. The highest BCUT2D eigenvalue weighted by molar-refractivity contribution is 6.04. The zero-order valence-corrected chi connectivity index (χ0v) is 23.1. The molecule has 5 heteroatoms. The van der Waals surface area contributed by atoms with Crippen LogP contribution in [0.25, 0.3) is 0 Å². The average Bonchev–Trinajstić information content (AvgIpc) is 3.21. The predicted molar refractivity (Wildman–Crippen MR) is 141 cm³/mol. The van der Waals surface area contributed by atoms with Crippen LogP contribution in [0.15, 0.2) is 24.1 Å². The Morgan fingerprint density at radius 3 is 2.49 bits per heavy atom. The summed E-state index contributed by atoms with van der Waals surface area (Å²) in [6, 6.07) is 0. The summed E-state index contributed by atoms with van der Waals surface area (Å²) in [5, 5.41) is 10.0. The molecule has 37 heavy (non-hydrogen) atoms. The molecule has 3 nitrogen and oxygen atoms in total. The van der Waals surface area contributed by atoms with Gasteiger partial charge in [-0.15, -0.1) is 0 Å². The summed E-state index contributed by atoms with van der Waals surface area (Å²) in [7, 11) is 0. The van der Waals surface area contributed by atoms with E-state index in [2.05, 4.69) is 20.8 Å². The summed E-state index contributed by atoms with van der Waals surface area (Å²) in [4.78, 5) is 25.6. The van der Waals surface area contributed by atoms with Crippen molar-refractivity contribution in [1.29, 1.82) is 0 Å². The van der Waals surface area contributed by atoms with E-state index in [1.807, 2.05) is 0 Å². The predicted octanol–water partition coefficient (Wildman–Crippen LogP) is 8.10. The number of rotatable bonds is 6. The summed E-state index contributed by atoms with van der Waals surface area (Å²) in [6.07, 6.45) is 16.1. The Labute approximate surface area is 221 Å². The van der Waals surface area contributed by atoms with Gasteiger partial charge in [0.15, 0.2) is 11.5 Å². The molecule has 0 spiro atoms. The van der Waals surface area contributed by atoms with E-state index in [4.69, 9.17) is 0 Å². The first-order chi connectivity index (χ1) is 17.4. The highest BCUT2D eigenvalue weighted by Crippen LogP contribution is 2.68. The van der Waals surface area contributed by atoms with Gasteiger partial charge in [0, 0.05) is 5.92 Å². The molecule has 0 saturated heterocycles. The number of carbonyl (C=O) groups is 2. The lowest BCUT2D eigenvalue weighted by molar-refractivity contribution is -0.152. The average molecular weight is 517 g/mol. The number of allylic oxidation sites excluding steroid dienone is 4. The smallest absolute Gasteiger partial charge is 0.314 e. The largest absolute Gasteiger partial charge is 0.481 e. The highest BCUT2D eigenvalue weighted by Gasteiger charge is 2.60. The van der Waals surface area contributed by atoms with Crippen molar-refractivity contribution in [2.75, 3.05) is 0 Å². The summed E-state index contributed by atoms with van der Waals surface area (Å²) < 4.78 is 29.7. The molecule has 4 saturated carbocycles. The van der Waals surface area contributed by atoms with Crippen LogP contribution in [0.3, 0.4) is 0 Å². The van der Waals surface area contributed by atoms with Crippen molar-refractivity contribution in [1.82, 2.24) is 0 Å². The van der Waals surface area contributed by atoms with Crippen LogP contribution in [-0.2, 0) is 9.59 Å². The van der Waals surface area contributed by atoms with Crippen LogP contribution in [0.2, 0.25) is 0 Å². The lowest BCUT2D eigenvalue weighted by atomic mass is 9.44. The fourth-order valence-corrected chi connectivity index (χ4v) is 10.4. The first-order valence-electron chi connectivity index (χ1n) is 14.9. The molecule has 0 heterocycles. The van der Waals surface area contributed by atoms with E-state index in [9.17, 15) is 19.1 Å². The van der Waals surface area contributed by atoms with Crippen LogP contribution >= 0.6 is 0 Å². The van der Waals surface area contributed by atoms with Crippen molar-refractivity contribution in [3.05, 3.63) is 24.1 Å². The molecular weight excluding hydrogens is 470 g/mol. The Morgan fingerprint density at radius 1 is 1.03 bits per heavy atom. The van der Waals surface area contributed by atoms with E-state index in [0.29, 0.717) is 23.3 Å². The number of halogens is 2. The third-order valence-corrected chi connectivity index (χ3v) is 12.5. The number of aliphatic carboxylic acids is 1. The number of Topliss-reactive ketones (excluding diaryl/α,β-unsaturated/α-hetero) is 1. The quantitative estimate of drug-likeness (QED) is 0.363. The van der Waals surface area contributed by atoms with E-state index in [1.54, 1.807) is 0 Å². The number of hydrogen-bond donors (Lipinski definition) is 1. The van der Waals surface area contributed by atoms with Gasteiger partial charge >= 0.3 is 5.97 Å². The molecule has 0 aromatic rings. The van der Waals surface area contributed by atoms with Gasteiger partial charge in [-0.25, -0.2) is 8.78 Å². The fraction of sp³-hybridized carbons (Fsp3) is 0.812. The molecule has 11 atom stereocenters. The Hall–Kier alpha value is -1.52. The standard InChI is InChI=1S/C32H46F2O3/c1-19(17-24(29(36)37)28(35)32(34)18-22(33)10-8-20(32)2)25-12-13-26-23-11-9-21-7-5-6-15-30(21,3)27(23)14-16-31(25,26)4/h8,10,18-21,23-27H,5-7,9,11-17H2,1-4H3,(H,36,37)/t19-,20?,21?,23+,24?,25-,26+,27+,30+,31-,32?/m1/s1. The lowest BCUT2D eigenvalue weighted by Gasteiger charge is -2.61. The minimum Gasteiger partial charge on any atom is -0.481 e. The first-order valence-corrected chi connectivity index (χ1v) is 14.9. The van der Waals surface area contributed by atoms with Crippen LogP contribution in [0, 0.1) is 58.2 Å². The van der Waals surface area contributed by atoms with Crippen LogP contribution in [0.1, 0.15) is 98.3 Å². The molecule has 5 rings (SSSR count). The molecule has 5 aliphatic carbocycles. The van der Waals surface area contributed by atoms with Gasteiger partial charge in [0.25, 0.3) is 0 Å². The van der Waals surface area contributed by atoms with Crippen molar-refractivity contribution < 1.29 is 23.5 Å². The molecule has 0 bridgehead atoms. The van der Waals surface area contributed by atoms with Crippen molar-refractivity contribution >= 4 is 11.8 Å². The number of alkyl halides is 1. The minimum absolute atomic E-state index is 0.00919. The SMILES string of the molecule is CC1C=CC(F)=CC1(F)C(=O)C(C[C@@H](C)[C@H]1CC[C@H]2[C@@H]3CCC4CCCC[C@]4(C)[C@H]3CC[C@]12C)C(=O)O. The van der Waals surface area contributed by atoms with Crippen LogP contribution in [0.4, 0.5) is 8.78 Å². The molecule has 0 radical (unpaired) electrons. The Balaban J connectivity index is 1.33. The Morgan fingerprint density at radius 2 is 1.76 bits per heavy atom. The number of ketones is 1. The van der Waals surface area contributed by atoms with Crippen molar-refractivity contribution in [3.63, 3.8) is 0 Å². The Kier molecular flexibility index (Phi) is 7.01. The first kappa shape index (κ1) is 27.1. The number of carboxylic acids is 1. The van der Waals surface area contributed by atoms with E-state index < -0.39 is 35.1 Å². The fourth-order valence-electron chi connectivity index (χ4n) is 10.4. The lowest BCUT2D eigenvalue weighted by Crippen LogP contribution is -2.53. The number of hydrogen-bond acceptors (Lipinski definition) is 2.